The standard InChI is InChI=1S/C9H8N2.ClH.2H2O/c10-8-5-1-3-7-4-2-6-11-9(7)8;;;/h1-6H,10H2;1H;2*1H2. The number of hydrogen-bond acceptors (Lipinski definition) is 1. The maximum Gasteiger partial charge on any atom is 0.233 e. The van der Waals surface area contributed by atoms with Crippen molar-refractivity contribution in [1.82, 2.24) is 0 Å². The summed E-state index contributed by atoms with van der Waals surface area (Å²) in [6.07, 6.45) is 1.87. The van der Waals surface area contributed by atoms with E-state index in [1.807, 2.05) is 36.5 Å². The summed E-state index contributed by atoms with van der Waals surface area (Å²) in [7, 11) is 0. The number of aromatic amines is 1. The van der Waals surface area contributed by atoms with Crippen molar-refractivity contribution in [3.8, 4) is 0 Å². The molecule has 0 aliphatic rings. The highest BCUT2D eigenvalue weighted by atomic mass is 35.5. The molecule has 0 saturated heterocycles. The molecule has 0 fully saturated rings. The molecule has 0 amide bonds. The topological polar surface area (TPSA) is 103 Å². The summed E-state index contributed by atoms with van der Waals surface area (Å²) in [4.78, 5) is 3.09. The first-order chi connectivity index (χ1) is 5.38. The molecule has 0 spiro atoms. The van der Waals surface area contributed by atoms with Gasteiger partial charge in [0.25, 0.3) is 0 Å². The Balaban J connectivity index is 0. The van der Waals surface area contributed by atoms with Crippen LogP contribution in [0, 0.1) is 0 Å². The molecule has 78 valence electrons. The fraction of sp³-hybridized carbons (Fsp3) is 0. The van der Waals surface area contributed by atoms with Crippen LogP contribution in [0.5, 0.6) is 0 Å². The lowest BCUT2D eigenvalue weighted by Gasteiger charge is -1.92. The van der Waals surface area contributed by atoms with E-state index < -0.39 is 0 Å². The van der Waals surface area contributed by atoms with E-state index in [0.29, 0.717) is 0 Å². The molecule has 14 heavy (non-hydrogen) atoms. The Morgan fingerprint density at radius 1 is 1.00 bits per heavy atom. The summed E-state index contributed by atoms with van der Waals surface area (Å²) >= 11 is 0. The number of nitrogen functional groups attached to an aromatic ring is 1. The molecule has 0 unspecified atom stereocenters. The highest BCUT2D eigenvalue weighted by Gasteiger charge is 2.00. The number of para-hydroxylation sites is 1. The van der Waals surface area contributed by atoms with Crippen LogP contribution >= 0.6 is 0 Å². The average Bonchev–Trinajstić information content (AvgIpc) is 2.06. The van der Waals surface area contributed by atoms with Crippen molar-refractivity contribution < 1.29 is 28.3 Å². The van der Waals surface area contributed by atoms with E-state index in [2.05, 4.69) is 4.98 Å². The van der Waals surface area contributed by atoms with Crippen molar-refractivity contribution in [3.63, 3.8) is 0 Å². The van der Waals surface area contributed by atoms with Crippen LogP contribution in [0.4, 0.5) is 5.69 Å². The molecule has 1 aromatic carbocycles. The van der Waals surface area contributed by atoms with Gasteiger partial charge in [0.2, 0.25) is 5.52 Å². The molecule has 0 atom stereocenters. The van der Waals surface area contributed by atoms with Gasteiger partial charge in [-0.1, -0.05) is 6.07 Å². The van der Waals surface area contributed by atoms with E-state index in [-0.39, 0.29) is 23.4 Å². The normalized spacial score (nSPS) is 8.00. The van der Waals surface area contributed by atoms with Crippen molar-refractivity contribution >= 4 is 16.6 Å². The second-order valence-corrected chi connectivity index (χ2v) is 2.48. The van der Waals surface area contributed by atoms with Gasteiger partial charge in [-0.2, -0.15) is 0 Å². The largest absolute Gasteiger partial charge is 1.00 e. The quantitative estimate of drug-likeness (QED) is 0.456. The molecular weight excluding hydrogens is 204 g/mol. The second-order valence-electron chi connectivity index (χ2n) is 2.48. The van der Waals surface area contributed by atoms with Crippen molar-refractivity contribution in [3.05, 3.63) is 36.5 Å². The molecule has 5 heteroatoms. The molecule has 7 N–H and O–H groups in total. The van der Waals surface area contributed by atoms with Gasteiger partial charge in [-0.25, -0.2) is 4.98 Å². The molecule has 0 radical (unpaired) electrons. The predicted molar refractivity (Wildman–Crippen MR) is 52.1 cm³/mol. The van der Waals surface area contributed by atoms with Gasteiger partial charge in [0.15, 0.2) is 6.20 Å². The summed E-state index contributed by atoms with van der Waals surface area (Å²) in [5, 5.41) is 1.15. The number of fused-ring (bicyclic) bond motifs is 1. The Labute approximate surface area is 87.8 Å². The number of pyridine rings is 1. The van der Waals surface area contributed by atoms with Crippen molar-refractivity contribution in [2.75, 3.05) is 5.73 Å². The molecular formula is C9H13ClN2O2. The van der Waals surface area contributed by atoms with Crippen LogP contribution in [0.1, 0.15) is 0 Å². The number of hydrogen-bond donors (Lipinski definition) is 1. The molecule has 2 aromatic rings. The minimum Gasteiger partial charge on any atom is -1.00 e. The fourth-order valence-corrected chi connectivity index (χ4v) is 1.18. The van der Waals surface area contributed by atoms with Crippen molar-refractivity contribution in [1.29, 1.82) is 0 Å². The second kappa shape index (κ2) is 6.15. The van der Waals surface area contributed by atoms with Crippen molar-refractivity contribution in [2.45, 2.75) is 0 Å². The molecule has 0 aliphatic heterocycles. The lowest BCUT2D eigenvalue weighted by atomic mass is 10.2. The Kier molecular flexibility index (Phi) is 6.64. The van der Waals surface area contributed by atoms with Gasteiger partial charge in [0, 0.05) is 11.5 Å². The third kappa shape index (κ3) is 2.56. The molecule has 2 rings (SSSR count). The van der Waals surface area contributed by atoms with Crippen LogP contribution in [0.2, 0.25) is 0 Å². The Morgan fingerprint density at radius 2 is 1.64 bits per heavy atom. The first-order valence-corrected chi connectivity index (χ1v) is 3.53. The molecule has 1 aromatic heterocycles. The number of anilines is 1. The van der Waals surface area contributed by atoms with Crippen molar-refractivity contribution in [2.24, 2.45) is 0 Å². The number of nitrogens with one attached hydrogen (secondary N) is 1. The number of rotatable bonds is 0. The van der Waals surface area contributed by atoms with Gasteiger partial charge in [-0.05, 0) is 18.2 Å². The van der Waals surface area contributed by atoms with Gasteiger partial charge < -0.3 is 29.1 Å². The highest BCUT2D eigenvalue weighted by molar-refractivity contribution is 5.85. The third-order valence-electron chi connectivity index (χ3n) is 1.73. The summed E-state index contributed by atoms with van der Waals surface area (Å²) in [6.45, 7) is 0. The van der Waals surface area contributed by atoms with E-state index in [1.165, 1.54) is 0 Å². The van der Waals surface area contributed by atoms with Crippen LogP contribution < -0.4 is 23.1 Å². The number of aromatic nitrogens is 1. The van der Waals surface area contributed by atoms with Crippen LogP contribution in [0.3, 0.4) is 0 Å². The smallest absolute Gasteiger partial charge is 0.233 e. The van der Waals surface area contributed by atoms with E-state index in [9.17, 15) is 0 Å². The van der Waals surface area contributed by atoms with Crippen LogP contribution in [0.15, 0.2) is 36.5 Å². The predicted octanol–water partition coefficient (Wildman–Crippen LogP) is -3.41. The van der Waals surface area contributed by atoms with Crippen LogP contribution in [0.25, 0.3) is 10.9 Å². The van der Waals surface area contributed by atoms with Gasteiger partial charge in [0.05, 0.1) is 0 Å². The zero-order valence-corrected chi connectivity index (χ0v) is 8.18. The Morgan fingerprint density at radius 3 is 2.29 bits per heavy atom. The average molecular weight is 217 g/mol. The van der Waals surface area contributed by atoms with Crippen LogP contribution in [-0.2, 0) is 0 Å². The lowest BCUT2D eigenvalue weighted by Crippen LogP contribution is -3.00. The SMILES string of the molecule is Nc1cccc2ccc[nH+]c12.O.O.[Cl-]. The third-order valence-corrected chi connectivity index (χ3v) is 1.73. The van der Waals surface area contributed by atoms with Gasteiger partial charge in [-0.15, -0.1) is 0 Å². The number of benzene rings is 1. The molecule has 0 aliphatic carbocycles. The van der Waals surface area contributed by atoms with E-state index in [4.69, 9.17) is 5.73 Å². The van der Waals surface area contributed by atoms with Gasteiger partial charge in [0.1, 0.15) is 5.69 Å². The lowest BCUT2D eigenvalue weighted by molar-refractivity contribution is -0.344. The summed E-state index contributed by atoms with van der Waals surface area (Å²) in [5.74, 6) is 0. The molecule has 0 saturated carbocycles. The van der Waals surface area contributed by atoms with E-state index in [1.54, 1.807) is 0 Å². The monoisotopic (exact) mass is 216 g/mol. The molecule has 1 heterocycles. The zero-order valence-electron chi connectivity index (χ0n) is 7.42. The van der Waals surface area contributed by atoms with Gasteiger partial charge in [-0.3, -0.25) is 0 Å². The maximum absolute atomic E-state index is 5.72. The van der Waals surface area contributed by atoms with Crippen LogP contribution in [-0.4, -0.2) is 11.0 Å². The van der Waals surface area contributed by atoms with E-state index in [0.717, 1.165) is 16.6 Å². The fourth-order valence-electron chi connectivity index (χ4n) is 1.18. The molecule has 4 nitrogen and oxygen atoms in total. The molecule has 0 bridgehead atoms. The first-order valence-electron chi connectivity index (χ1n) is 3.53. The number of H-pyrrole nitrogens is 1. The minimum atomic E-state index is 0. The number of nitrogens with two attached hydrogens (primary N) is 1. The Bertz CT molecular complexity index is 390. The number of halogens is 1. The summed E-state index contributed by atoms with van der Waals surface area (Å²) in [5.41, 5.74) is 7.53. The summed E-state index contributed by atoms with van der Waals surface area (Å²) in [6, 6.07) is 9.86. The zero-order chi connectivity index (χ0) is 7.68. The minimum absolute atomic E-state index is 0. The summed E-state index contributed by atoms with van der Waals surface area (Å²) < 4.78 is 0. The highest BCUT2D eigenvalue weighted by Crippen LogP contribution is 2.13. The first kappa shape index (κ1) is 15.1. The van der Waals surface area contributed by atoms with E-state index >= 15 is 0 Å². The van der Waals surface area contributed by atoms with Gasteiger partial charge >= 0.3 is 0 Å². The maximum atomic E-state index is 5.72. The Hall–Kier alpha value is -1.36.